The lowest BCUT2D eigenvalue weighted by Crippen LogP contribution is -2.48. The molecule has 0 aromatic rings. The standard InChI is InChI=1S/C13H32N4S.C12H30N4S.C11H28N4S.6CH4S/c1-5-14-7-11(3)16-9-13(10-18)17-8-12(4)15-6-2;1-5-14-11(3)7-16-12(9-17)8-15-10(2)6-13-4;1-9(13-4)6-15-11(8-16)7-14-10(2)5-12-3;6*1-2/h11-18H,5-10H2,1-4H3;10-17H,5-9H2,1-4H3;9-16H,5-8H2,1-4H3;6*2H,1H3. The lowest BCUT2D eigenvalue weighted by atomic mass is 10.2. The Labute approximate surface area is 445 Å². The second kappa shape index (κ2) is 81.6. The number of likely N-dealkylation sites (N-methyl/N-ethyl adjacent to an activating group) is 6. The summed E-state index contributed by atoms with van der Waals surface area (Å²) in [6, 6.07) is 4.30. The number of hydrogen-bond acceptors (Lipinski definition) is 21. The summed E-state index contributed by atoms with van der Waals surface area (Å²) in [5.41, 5.74) is 0. The van der Waals surface area contributed by atoms with E-state index >= 15 is 0 Å². The van der Waals surface area contributed by atoms with E-state index in [4.69, 9.17) is 0 Å². The van der Waals surface area contributed by atoms with Crippen LogP contribution in [0.5, 0.6) is 0 Å². The van der Waals surface area contributed by atoms with E-state index in [0.717, 1.165) is 95.8 Å². The van der Waals surface area contributed by atoms with Crippen LogP contribution in [0.2, 0.25) is 0 Å². The minimum absolute atomic E-state index is 0.429. The summed E-state index contributed by atoms with van der Waals surface area (Å²) < 4.78 is 0. The summed E-state index contributed by atoms with van der Waals surface area (Å²) >= 11 is 34.3. The number of thiol groups is 9. The molecular weight excluding hydrogens is 961 g/mol. The molecule has 0 fully saturated rings. The zero-order chi connectivity index (χ0) is 51.3. The van der Waals surface area contributed by atoms with Gasteiger partial charge in [0.25, 0.3) is 0 Å². The third kappa shape index (κ3) is 79.1. The highest BCUT2D eigenvalue weighted by Gasteiger charge is 2.12. The first-order chi connectivity index (χ1) is 30.4. The molecule has 0 aromatic heterocycles. The molecule has 0 amide bonds. The monoisotopic (exact) mass is 1070 g/mol. The highest BCUT2D eigenvalue weighted by atomic mass is 32.1. The molecule has 63 heavy (non-hydrogen) atoms. The van der Waals surface area contributed by atoms with E-state index in [2.05, 4.69) is 240 Å². The van der Waals surface area contributed by atoms with E-state index < -0.39 is 0 Å². The maximum Gasteiger partial charge on any atom is 0.0281 e. The maximum atomic E-state index is 4.40. The van der Waals surface area contributed by atoms with Gasteiger partial charge in [0.1, 0.15) is 0 Å². The first-order valence-corrected chi connectivity index (χ1v) is 29.7. The van der Waals surface area contributed by atoms with Gasteiger partial charge in [0.2, 0.25) is 0 Å². The molecule has 21 heteroatoms. The Morgan fingerprint density at radius 1 is 0.302 bits per heavy atom. The quantitative estimate of drug-likeness (QED) is 0.0438. The Morgan fingerprint density at radius 2 is 0.556 bits per heavy atom. The molecule has 12 N–H and O–H groups in total. The van der Waals surface area contributed by atoms with Crippen LogP contribution >= 0.6 is 114 Å². The smallest absolute Gasteiger partial charge is 0.0281 e. The Hall–Kier alpha value is 2.67. The van der Waals surface area contributed by atoms with E-state index in [-0.39, 0.29) is 0 Å². The summed E-state index contributed by atoms with van der Waals surface area (Å²) in [6.07, 6.45) is 10.2. The van der Waals surface area contributed by atoms with Crippen LogP contribution in [0.3, 0.4) is 0 Å². The van der Waals surface area contributed by atoms with Crippen LogP contribution in [-0.4, -0.2) is 209 Å². The van der Waals surface area contributed by atoms with E-state index in [1.54, 1.807) is 37.5 Å². The average Bonchev–Trinajstić information content (AvgIpc) is 3.33. The molecule has 9 atom stereocenters. The molecule has 396 valence electrons. The van der Waals surface area contributed by atoms with Gasteiger partial charge in [0.05, 0.1) is 0 Å². The zero-order valence-electron chi connectivity index (χ0n) is 43.8. The van der Waals surface area contributed by atoms with Crippen LogP contribution < -0.4 is 63.8 Å². The summed E-state index contributed by atoms with van der Waals surface area (Å²) in [7, 11) is 5.93. The topological polar surface area (TPSA) is 144 Å². The molecule has 0 aromatic carbocycles. The molecule has 0 aliphatic carbocycles. The van der Waals surface area contributed by atoms with Gasteiger partial charge < -0.3 is 63.8 Å². The fourth-order valence-electron chi connectivity index (χ4n) is 4.80. The number of hydrogen-bond donors (Lipinski definition) is 21. The lowest BCUT2D eigenvalue weighted by molar-refractivity contribution is 0.427. The van der Waals surface area contributed by atoms with Crippen molar-refractivity contribution < 1.29 is 0 Å². The first-order valence-electron chi connectivity index (χ1n) is 22.5. The molecule has 0 rings (SSSR count). The summed E-state index contributed by atoms with van der Waals surface area (Å²) in [5.74, 6) is 2.58. The van der Waals surface area contributed by atoms with E-state index in [9.17, 15) is 0 Å². The van der Waals surface area contributed by atoms with Crippen LogP contribution in [0.25, 0.3) is 0 Å². The molecule has 0 spiro atoms. The fraction of sp³-hybridized carbons (Fsp3) is 1.00. The van der Waals surface area contributed by atoms with E-state index in [1.165, 1.54) is 0 Å². The molecule has 0 radical (unpaired) electrons. The Morgan fingerprint density at radius 3 is 0.778 bits per heavy atom. The Balaban J connectivity index is -0.0000000882. The minimum atomic E-state index is 0.429. The van der Waals surface area contributed by atoms with E-state index in [1.807, 2.05) is 21.1 Å². The summed E-state index contributed by atoms with van der Waals surface area (Å²) in [6.45, 7) is 31.5. The highest BCUT2D eigenvalue weighted by molar-refractivity contribution is 7.81. The fourth-order valence-corrected chi connectivity index (χ4v) is 5.57. The largest absolute Gasteiger partial charge is 0.318 e. The first kappa shape index (κ1) is 85.5. The third-order valence-corrected chi connectivity index (χ3v) is 9.58. The molecule has 0 saturated carbocycles. The van der Waals surface area contributed by atoms with Gasteiger partial charge in [-0.3, -0.25) is 0 Å². The van der Waals surface area contributed by atoms with Crippen molar-refractivity contribution >= 4 is 114 Å². The van der Waals surface area contributed by atoms with Gasteiger partial charge in [-0.1, -0.05) is 20.8 Å². The Bertz CT molecular complexity index is 684. The summed E-state index contributed by atoms with van der Waals surface area (Å²) in [4.78, 5) is 0. The molecule has 0 aliphatic heterocycles. The third-order valence-electron chi connectivity index (χ3n) is 8.26. The van der Waals surface area contributed by atoms with Gasteiger partial charge in [0.15, 0.2) is 0 Å². The predicted molar refractivity (Wildman–Crippen MR) is 330 cm³/mol. The van der Waals surface area contributed by atoms with Crippen LogP contribution in [0.4, 0.5) is 0 Å². The second-order valence-corrected chi connectivity index (χ2v) is 14.9. The molecule has 0 heterocycles. The van der Waals surface area contributed by atoms with Gasteiger partial charge in [0, 0.05) is 131 Å². The van der Waals surface area contributed by atoms with Gasteiger partial charge in [-0.2, -0.15) is 114 Å². The predicted octanol–water partition coefficient (Wildman–Crippen LogP) is 3.49. The zero-order valence-corrected chi connectivity index (χ0v) is 51.9. The molecule has 0 saturated heterocycles. The van der Waals surface area contributed by atoms with Gasteiger partial charge >= 0.3 is 0 Å². The van der Waals surface area contributed by atoms with Gasteiger partial charge in [-0.05, 0) is 120 Å². The SMILES string of the molecule is CCNC(C)CNC(CS)CNC(C)CNC.CCNCC(C)NCC(CS)NCC(C)NCC.CNCC(C)NCC(CS)NCC(C)NC.CS.CS.CS.CS.CS.CS. The van der Waals surface area contributed by atoms with Crippen molar-refractivity contribution in [2.45, 2.75) is 117 Å². The van der Waals surface area contributed by atoms with Crippen molar-refractivity contribution in [3.8, 4) is 0 Å². The molecule has 9 unspecified atom stereocenters. The normalized spacial score (nSPS) is 14.1. The van der Waals surface area contributed by atoms with Crippen LogP contribution in [-0.2, 0) is 0 Å². The van der Waals surface area contributed by atoms with Crippen molar-refractivity contribution in [2.75, 3.05) is 154 Å². The highest BCUT2D eigenvalue weighted by Crippen LogP contribution is 1.92. The van der Waals surface area contributed by atoms with Crippen LogP contribution in [0.15, 0.2) is 0 Å². The van der Waals surface area contributed by atoms with Gasteiger partial charge in [-0.15, -0.1) is 0 Å². The van der Waals surface area contributed by atoms with Crippen molar-refractivity contribution in [1.29, 1.82) is 0 Å². The number of nitrogens with one attached hydrogen (secondary N) is 12. The van der Waals surface area contributed by atoms with Crippen LogP contribution in [0, 0.1) is 0 Å². The van der Waals surface area contributed by atoms with Crippen molar-refractivity contribution in [1.82, 2.24) is 63.8 Å². The Kier molecular flexibility index (Phi) is 111. The maximum absolute atomic E-state index is 4.40. The molecular formula is C42H114N12S9. The minimum Gasteiger partial charge on any atom is -0.318 e. The number of rotatable bonds is 33. The second-order valence-electron chi connectivity index (χ2n) is 13.8. The van der Waals surface area contributed by atoms with Crippen LogP contribution in [0.1, 0.15) is 62.3 Å². The van der Waals surface area contributed by atoms with Crippen molar-refractivity contribution in [3.05, 3.63) is 0 Å². The lowest BCUT2D eigenvalue weighted by Gasteiger charge is -2.23. The molecule has 0 aliphatic rings. The van der Waals surface area contributed by atoms with Gasteiger partial charge in [-0.25, -0.2) is 0 Å². The van der Waals surface area contributed by atoms with Crippen molar-refractivity contribution in [2.24, 2.45) is 0 Å². The molecule has 0 bridgehead atoms. The van der Waals surface area contributed by atoms with Crippen molar-refractivity contribution in [3.63, 3.8) is 0 Å². The summed E-state index contributed by atoms with van der Waals surface area (Å²) in [5, 5.41) is 40.7. The van der Waals surface area contributed by atoms with E-state index in [0.29, 0.717) is 54.4 Å². The molecule has 12 nitrogen and oxygen atoms in total. The average molecular weight is 1080 g/mol.